The van der Waals surface area contributed by atoms with Crippen molar-refractivity contribution in [2.24, 2.45) is 5.92 Å². The van der Waals surface area contributed by atoms with Gasteiger partial charge in [0.15, 0.2) is 0 Å². The summed E-state index contributed by atoms with van der Waals surface area (Å²) in [7, 11) is 0. The van der Waals surface area contributed by atoms with Crippen LogP contribution >= 0.6 is 11.6 Å². The largest absolute Gasteiger partial charge is 0.303 e. The molecule has 5 heterocycles. The maximum absolute atomic E-state index is 13.1. The van der Waals surface area contributed by atoms with Gasteiger partial charge in [-0.1, -0.05) is 54.1 Å². The Kier molecular flexibility index (Phi) is 9.51. The van der Waals surface area contributed by atoms with Gasteiger partial charge in [-0.25, -0.2) is 0 Å². The first-order valence-corrected chi connectivity index (χ1v) is 20.8. The summed E-state index contributed by atoms with van der Waals surface area (Å²) in [6, 6.07) is 22.0. The summed E-state index contributed by atoms with van der Waals surface area (Å²) >= 11 is 6.52. The second-order valence-corrected chi connectivity index (χ2v) is 17.8. The Balaban J connectivity index is 0.770. The number of carbonyl (C=O) groups is 2. The van der Waals surface area contributed by atoms with Crippen LogP contribution in [0.4, 0.5) is 0 Å². The predicted molar refractivity (Wildman–Crippen MR) is 214 cm³/mol. The summed E-state index contributed by atoms with van der Waals surface area (Å²) in [6.45, 7) is 10.2. The third-order valence-electron chi connectivity index (χ3n) is 13.8. The molecule has 54 heavy (non-hydrogen) atoms. The van der Waals surface area contributed by atoms with E-state index in [2.05, 4.69) is 74.9 Å². The van der Waals surface area contributed by atoms with E-state index >= 15 is 0 Å². The first kappa shape index (κ1) is 35.8. The molecule has 3 aromatic carbocycles. The summed E-state index contributed by atoms with van der Waals surface area (Å²) in [6.07, 6.45) is 11.0. The molecular weight excluding hydrogens is 694 g/mol. The van der Waals surface area contributed by atoms with Gasteiger partial charge in [0.2, 0.25) is 11.8 Å². The lowest BCUT2D eigenvalue weighted by atomic mass is 9.81. The van der Waals surface area contributed by atoms with E-state index in [9.17, 15) is 14.4 Å². The first-order chi connectivity index (χ1) is 26.1. The smallest absolute Gasteiger partial charge is 0.282 e. The highest BCUT2D eigenvalue weighted by molar-refractivity contribution is 6.35. The Bertz CT molecular complexity index is 2150. The quantitative estimate of drug-likeness (QED) is 0.203. The van der Waals surface area contributed by atoms with Crippen molar-refractivity contribution in [3.63, 3.8) is 0 Å². The van der Waals surface area contributed by atoms with Crippen LogP contribution in [-0.4, -0.2) is 69.9 Å². The molecule has 4 aliphatic heterocycles. The highest BCUT2D eigenvalue weighted by Crippen LogP contribution is 2.45. The van der Waals surface area contributed by atoms with Gasteiger partial charge in [-0.15, -0.1) is 0 Å². The van der Waals surface area contributed by atoms with Gasteiger partial charge in [0.1, 0.15) is 5.82 Å². The zero-order valence-electron chi connectivity index (χ0n) is 31.7. The third-order valence-corrected chi connectivity index (χ3v) is 14.1. The van der Waals surface area contributed by atoms with Gasteiger partial charge in [0.25, 0.3) is 5.56 Å². The molecule has 1 saturated carbocycles. The van der Waals surface area contributed by atoms with E-state index in [4.69, 9.17) is 11.6 Å². The van der Waals surface area contributed by atoms with Crippen LogP contribution in [0, 0.1) is 5.92 Å². The fraction of sp³-hybridized carbons (Fsp3) is 0.511. The molecule has 282 valence electrons. The van der Waals surface area contributed by atoms with Gasteiger partial charge in [0.05, 0.1) is 32.9 Å². The Morgan fingerprint density at radius 3 is 2.20 bits per heavy atom. The average molecular weight is 746 g/mol. The first-order valence-electron chi connectivity index (χ1n) is 20.4. The summed E-state index contributed by atoms with van der Waals surface area (Å²) in [4.78, 5) is 47.3. The van der Waals surface area contributed by atoms with E-state index in [1.807, 2.05) is 18.2 Å². The second-order valence-electron chi connectivity index (χ2n) is 17.3. The van der Waals surface area contributed by atoms with Crippen molar-refractivity contribution in [3.05, 3.63) is 104 Å². The standard InChI is InChI=1S/C45H52ClN5O3/c1-45(2)36-15-11-32(26-39(36)51-38-8-4-7-37(46)41(38)43(54)48-44(45)51)30-19-23-50(24-20-30)34-12-9-28(10-13-34)27-49-21-17-29(18-22-49)31-5-3-6-33(25-31)35-14-16-40(52)47-42(35)53/h3-8,11,15,25-26,28-30,34-35H,9-10,12-14,16-24,27H2,1-2H3,(H,47,52,53). The van der Waals surface area contributed by atoms with Gasteiger partial charge >= 0.3 is 0 Å². The molecule has 1 N–H and O–H groups in total. The Morgan fingerprint density at radius 1 is 0.778 bits per heavy atom. The maximum Gasteiger partial charge on any atom is 0.282 e. The number of carbonyl (C=O) groups excluding carboxylic acids is 2. The number of hydrogen-bond donors (Lipinski definition) is 1. The number of aromatic nitrogens is 2. The van der Waals surface area contributed by atoms with Crippen molar-refractivity contribution in [1.82, 2.24) is 24.7 Å². The minimum Gasteiger partial charge on any atom is -0.303 e. The molecular formula is C45H52ClN5O3. The Morgan fingerprint density at radius 2 is 1.46 bits per heavy atom. The van der Waals surface area contributed by atoms with Crippen LogP contribution < -0.4 is 10.9 Å². The van der Waals surface area contributed by atoms with Crippen molar-refractivity contribution < 1.29 is 9.59 Å². The SMILES string of the molecule is CC1(C)c2ccc(C3CCN(C4CCC(CN5CCC(c6cccc(C7CCC(=O)NC7=O)c6)CC5)CC4)CC3)cc2-n2c1nc(=O)c1c(Cl)cccc12. The molecule has 1 unspecified atom stereocenters. The second kappa shape index (κ2) is 14.3. The van der Waals surface area contributed by atoms with Crippen molar-refractivity contribution in [2.75, 3.05) is 32.7 Å². The molecule has 1 aromatic heterocycles. The predicted octanol–water partition coefficient (Wildman–Crippen LogP) is 7.82. The fourth-order valence-electron chi connectivity index (χ4n) is 10.7. The van der Waals surface area contributed by atoms with E-state index in [1.54, 1.807) is 6.07 Å². The third kappa shape index (κ3) is 6.52. The molecule has 0 radical (unpaired) electrons. The lowest BCUT2D eigenvalue weighted by Gasteiger charge is -2.42. The molecule has 0 bridgehead atoms. The summed E-state index contributed by atoms with van der Waals surface area (Å²) < 4.78 is 2.18. The van der Waals surface area contributed by atoms with Crippen molar-refractivity contribution in [2.45, 2.75) is 107 Å². The number of hydrogen-bond acceptors (Lipinski definition) is 6. The number of benzene rings is 3. The molecule has 9 heteroatoms. The lowest BCUT2D eigenvalue weighted by Crippen LogP contribution is -2.44. The van der Waals surface area contributed by atoms with E-state index in [-0.39, 0.29) is 28.7 Å². The minimum atomic E-state index is -0.365. The highest BCUT2D eigenvalue weighted by atomic mass is 35.5. The normalized spacial score (nSPS) is 25.4. The number of fused-ring (bicyclic) bond motifs is 5. The van der Waals surface area contributed by atoms with Crippen LogP contribution in [0.25, 0.3) is 16.6 Å². The molecule has 4 aromatic rings. The van der Waals surface area contributed by atoms with Crippen molar-refractivity contribution >= 4 is 34.3 Å². The minimum absolute atomic E-state index is 0.150. The van der Waals surface area contributed by atoms with E-state index in [0.29, 0.717) is 41.1 Å². The Hall–Kier alpha value is -3.85. The number of amides is 2. The van der Waals surface area contributed by atoms with Crippen LogP contribution in [0.1, 0.15) is 124 Å². The molecule has 1 atom stereocenters. The maximum atomic E-state index is 13.1. The van der Waals surface area contributed by atoms with Crippen LogP contribution in [-0.2, 0) is 15.0 Å². The zero-order chi connectivity index (χ0) is 37.1. The number of piperidine rings is 3. The van der Waals surface area contributed by atoms with Crippen molar-refractivity contribution in [1.29, 1.82) is 0 Å². The highest BCUT2D eigenvalue weighted by Gasteiger charge is 2.40. The van der Waals surface area contributed by atoms with Gasteiger partial charge in [-0.2, -0.15) is 4.98 Å². The number of nitrogens with zero attached hydrogens (tertiary/aromatic N) is 4. The molecule has 1 aliphatic carbocycles. The van der Waals surface area contributed by atoms with Crippen molar-refractivity contribution in [3.8, 4) is 5.69 Å². The van der Waals surface area contributed by atoms with E-state index < -0.39 is 0 Å². The summed E-state index contributed by atoms with van der Waals surface area (Å²) in [5, 5.41) is 3.47. The monoisotopic (exact) mass is 745 g/mol. The molecule has 5 aliphatic rings. The number of halogens is 1. The topological polar surface area (TPSA) is 87.5 Å². The fourth-order valence-corrected chi connectivity index (χ4v) is 10.9. The van der Waals surface area contributed by atoms with Gasteiger partial charge in [-0.05, 0) is 156 Å². The molecule has 9 rings (SSSR count). The molecule has 2 amide bonds. The Labute approximate surface area is 323 Å². The number of imide groups is 1. The van der Waals surface area contributed by atoms with Crippen LogP contribution in [0.2, 0.25) is 5.02 Å². The molecule has 0 spiro atoms. The molecule has 4 fully saturated rings. The van der Waals surface area contributed by atoms with Crippen LogP contribution in [0.3, 0.4) is 0 Å². The molecule has 8 nitrogen and oxygen atoms in total. The zero-order valence-corrected chi connectivity index (χ0v) is 32.4. The van der Waals surface area contributed by atoms with Crippen LogP contribution in [0.5, 0.6) is 0 Å². The van der Waals surface area contributed by atoms with E-state index in [0.717, 1.165) is 54.7 Å². The van der Waals surface area contributed by atoms with E-state index in [1.165, 1.54) is 74.6 Å². The van der Waals surface area contributed by atoms with Crippen LogP contribution in [0.15, 0.2) is 65.5 Å². The number of rotatable bonds is 6. The summed E-state index contributed by atoms with van der Waals surface area (Å²) in [5.41, 5.74) is 6.36. The summed E-state index contributed by atoms with van der Waals surface area (Å²) in [5.74, 6) is 2.13. The molecule has 3 saturated heterocycles. The number of likely N-dealkylation sites (tertiary alicyclic amines) is 2. The number of nitrogens with one attached hydrogen (secondary N) is 1. The average Bonchev–Trinajstić information content (AvgIpc) is 3.40. The van der Waals surface area contributed by atoms with Gasteiger partial charge in [-0.3, -0.25) is 24.3 Å². The van der Waals surface area contributed by atoms with Gasteiger partial charge in [0, 0.05) is 19.0 Å². The van der Waals surface area contributed by atoms with Gasteiger partial charge < -0.3 is 9.80 Å². The lowest BCUT2D eigenvalue weighted by molar-refractivity contribution is -0.134.